The number of carbonyl (C=O) groups excluding carboxylic acids is 4. The number of amides is 4. The second-order valence-electron chi connectivity index (χ2n) is 15.0. The molecule has 2 aromatic rings. The van der Waals surface area contributed by atoms with Crippen LogP contribution in [-0.2, 0) is 29.1 Å². The topological polar surface area (TPSA) is 173 Å². The number of aromatic nitrogens is 1. The van der Waals surface area contributed by atoms with Crippen molar-refractivity contribution in [3.8, 4) is 16.5 Å². The van der Waals surface area contributed by atoms with E-state index in [9.17, 15) is 27.6 Å². The van der Waals surface area contributed by atoms with E-state index in [1.807, 2.05) is 35.7 Å². The monoisotopic (exact) mass is 715 g/mol. The molecule has 13 nitrogen and oxygen atoms in total. The fraction of sp³-hybridized carbons (Fsp3) is 0.559. The zero-order valence-corrected chi connectivity index (χ0v) is 30.3. The van der Waals surface area contributed by atoms with E-state index in [-0.39, 0.29) is 19.4 Å². The number of sulfonamides is 1. The summed E-state index contributed by atoms with van der Waals surface area (Å²) in [6.45, 7) is 14.2. The van der Waals surface area contributed by atoms with Crippen molar-refractivity contribution in [1.82, 2.24) is 25.2 Å². The van der Waals surface area contributed by atoms with Crippen molar-refractivity contribution in [3.05, 3.63) is 48.4 Å². The Morgan fingerprint density at radius 1 is 1.10 bits per heavy atom. The number of nitrogens with zero attached hydrogens (tertiary/aromatic N) is 2. The highest BCUT2D eigenvalue weighted by Crippen LogP contribution is 2.45. The molecule has 0 bridgehead atoms. The Morgan fingerprint density at radius 3 is 2.35 bits per heavy atom. The molecule has 4 amide bonds. The van der Waals surface area contributed by atoms with Crippen molar-refractivity contribution >= 4 is 45.2 Å². The average Bonchev–Trinajstić information content (AvgIpc) is 3.90. The summed E-state index contributed by atoms with van der Waals surface area (Å²) in [7, 11) is -3.88. The molecular weight excluding hydrogens is 671 g/mol. The molecular formula is C34H45N5O8S2. The second kappa shape index (κ2) is 13.4. The number of likely N-dealkylation sites (tertiary alicyclic amines) is 1. The number of nitrogens with one attached hydrogen (secondary N) is 3. The van der Waals surface area contributed by atoms with E-state index in [4.69, 9.17) is 9.47 Å². The SMILES string of the molecule is C=C[C@@H]1C[C@]1(NC(=O)[C@@H]1C[C@@H](Oc2nc(-c3ccccc3)cs2)CN1C(=O)[C@@H](NC(=O)OC(C)(C)C)C(C)(C)C)C(=O)NS(=O)(=O)C1CC1. The average molecular weight is 716 g/mol. The van der Waals surface area contributed by atoms with Gasteiger partial charge in [0.05, 0.1) is 17.5 Å². The third-order valence-electron chi connectivity index (χ3n) is 8.69. The highest BCUT2D eigenvalue weighted by atomic mass is 32.2. The molecule has 0 spiro atoms. The molecule has 3 N–H and O–H groups in total. The van der Waals surface area contributed by atoms with Crippen LogP contribution < -0.4 is 20.1 Å². The molecule has 0 radical (unpaired) electrons. The second-order valence-corrected chi connectivity index (χ2v) is 17.8. The lowest BCUT2D eigenvalue weighted by Gasteiger charge is -2.36. The summed E-state index contributed by atoms with van der Waals surface area (Å²) in [5.74, 6) is -2.54. The maximum Gasteiger partial charge on any atom is 0.408 e. The van der Waals surface area contributed by atoms with Crippen LogP contribution in [0.3, 0.4) is 0 Å². The van der Waals surface area contributed by atoms with Crippen LogP contribution in [0.1, 0.15) is 67.2 Å². The van der Waals surface area contributed by atoms with Crippen LogP contribution in [0.5, 0.6) is 5.19 Å². The van der Waals surface area contributed by atoms with Gasteiger partial charge in [-0.1, -0.05) is 68.5 Å². The van der Waals surface area contributed by atoms with Gasteiger partial charge in [-0.05, 0) is 45.4 Å². The van der Waals surface area contributed by atoms with Gasteiger partial charge in [0.2, 0.25) is 21.8 Å². The van der Waals surface area contributed by atoms with Gasteiger partial charge in [0.15, 0.2) is 0 Å². The van der Waals surface area contributed by atoms with Gasteiger partial charge >= 0.3 is 6.09 Å². The fourth-order valence-electron chi connectivity index (χ4n) is 5.83. The number of hydrogen-bond acceptors (Lipinski definition) is 10. The number of alkyl carbamates (subject to hydrolysis) is 1. The first-order valence-corrected chi connectivity index (χ1v) is 18.7. The minimum Gasteiger partial charge on any atom is -0.465 e. The van der Waals surface area contributed by atoms with Gasteiger partial charge in [0, 0.05) is 23.3 Å². The van der Waals surface area contributed by atoms with E-state index in [0.717, 1.165) is 5.56 Å². The molecule has 2 aliphatic carbocycles. The Balaban J connectivity index is 1.40. The molecule has 49 heavy (non-hydrogen) atoms. The lowest BCUT2D eigenvalue weighted by molar-refractivity contribution is -0.143. The summed E-state index contributed by atoms with van der Waals surface area (Å²) in [4.78, 5) is 60.6. The Kier molecular flexibility index (Phi) is 9.92. The van der Waals surface area contributed by atoms with Crippen molar-refractivity contribution in [2.45, 2.75) is 102 Å². The van der Waals surface area contributed by atoms with E-state index in [1.165, 1.54) is 22.3 Å². The van der Waals surface area contributed by atoms with Crippen LogP contribution in [-0.4, -0.2) is 83.2 Å². The number of benzene rings is 1. The van der Waals surface area contributed by atoms with E-state index in [0.29, 0.717) is 23.7 Å². The van der Waals surface area contributed by atoms with Gasteiger partial charge < -0.3 is 25.0 Å². The maximum absolute atomic E-state index is 14.3. The fourth-order valence-corrected chi connectivity index (χ4v) is 7.94. The predicted octanol–water partition coefficient (Wildman–Crippen LogP) is 3.77. The highest BCUT2D eigenvalue weighted by molar-refractivity contribution is 7.91. The predicted molar refractivity (Wildman–Crippen MR) is 184 cm³/mol. The molecule has 15 heteroatoms. The van der Waals surface area contributed by atoms with Crippen LogP contribution in [0.2, 0.25) is 0 Å². The van der Waals surface area contributed by atoms with Gasteiger partial charge in [-0.2, -0.15) is 0 Å². The normalized spacial score (nSPS) is 24.4. The third-order valence-corrected chi connectivity index (χ3v) is 11.2. The van der Waals surface area contributed by atoms with Crippen molar-refractivity contribution in [2.75, 3.05) is 6.54 Å². The summed E-state index contributed by atoms with van der Waals surface area (Å²) in [5, 5.41) is 7.04. The van der Waals surface area contributed by atoms with Crippen LogP contribution in [0.25, 0.3) is 11.3 Å². The van der Waals surface area contributed by atoms with Gasteiger partial charge in [-0.25, -0.2) is 18.2 Å². The zero-order chi connectivity index (χ0) is 35.9. The molecule has 1 aliphatic heterocycles. The van der Waals surface area contributed by atoms with Crippen molar-refractivity contribution in [3.63, 3.8) is 0 Å². The summed E-state index contributed by atoms with van der Waals surface area (Å²) in [5.41, 5.74) is -1.52. The number of hydrogen-bond donors (Lipinski definition) is 3. The van der Waals surface area contributed by atoms with Gasteiger partial charge in [-0.3, -0.25) is 19.1 Å². The highest BCUT2D eigenvalue weighted by Gasteiger charge is 2.62. The van der Waals surface area contributed by atoms with Crippen molar-refractivity contribution in [2.24, 2.45) is 11.3 Å². The summed E-state index contributed by atoms with van der Waals surface area (Å²) < 4.78 is 39.1. The van der Waals surface area contributed by atoms with E-state index >= 15 is 0 Å². The van der Waals surface area contributed by atoms with Gasteiger partial charge in [0.25, 0.3) is 11.1 Å². The van der Waals surface area contributed by atoms with Crippen LogP contribution in [0.4, 0.5) is 4.79 Å². The van der Waals surface area contributed by atoms with Gasteiger partial charge in [0.1, 0.15) is 29.3 Å². The largest absolute Gasteiger partial charge is 0.465 e. The van der Waals surface area contributed by atoms with Crippen LogP contribution >= 0.6 is 11.3 Å². The first-order valence-electron chi connectivity index (χ1n) is 16.3. The standard InChI is InChI=1S/C34H45N5O8S2/c1-8-21-17-34(21,29(42)38-49(44,45)23-14-15-23)37-27(40)25-16-22(46-31-35-24(19-48-31)20-12-10-9-11-13-20)18-39(25)28(41)26(32(2,3)4)36-30(43)47-33(5,6)7/h8-13,19,21-23,25-26H,1,14-18H2,2-7H3,(H,36,43)(H,37,40)(H,38,42)/t21-,22-,25+,26-,34-/m1/s1. The molecule has 2 heterocycles. The zero-order valence-electron chi connectivity index (χ0n) is 28.6. The smallest absolute Gasteiger partial charge is 0.408 e. The quantitative estimate of drug-likeness (QED) is 0.293. The molecule has 266 valence electrons. The minimum atomic E-state index is -3.88. The molecule has 1 saturated heterocycles. The number of rotatable bonds is 11. The molecule has 3 fully saturated rings. The Hall–Kier alpha value is -3.98. The van der Waals surface area contributed by atoms with E-state index in [2.05, 4.69) is 26.9 Å². The Labute approximate surface area is 291 Å². The van der Waals surface area contributed by atoms with Crippen LogP contribution in [0.15, 0.2) is 48.4 Å². The maximum atomic E-state index is 14.3. The number of thiazole rings is 1. The van der Waals surface area contributed by atoms with Crippen molar-refractivity contribution < 1.29 is 37.1 Å². The molecule has 0 unspecified atom stereocenters. The summed E-state index contributed by atoms with van der Waals surface area (Å²) in [6.07, 6.45) is 1.19. The number of carbonyl (C=O) groups is 4. The summed E-state index contributed by atoms with van der Waals surface area (Å²) in [6, 6.07) is 7.35. The Morgan fingerprint density at radius 2 is 1.78 bits per heavy atom. The van der Waals surface area contributed by atoms with Crippen molar-refractivity contribution in [1.29, 1.82) is 0 Å². The summed E-state index contributed by atoms with van der Waals surface area (Å²) >= 11 is 1.28. The van der Waals surface area contributed by atoms with E-state index < -0.39 is 79.7 Å². The first kappa shape index (κ1) is 36.3. The minimum absolute atomic E-state index is 0.0140. The molecule has 2 saturated carbocycles. The molecule has 1 aromatic heterocycles. The lowest BCUT2D eigenvalue weighted by Crippen LogP contribution is -2.60. The molecule has 5 rings (SSSR count). The number of ether oxygens (including phenoxy) is 2. The van der Waals surface area contributed by atoms with Crippen LogP contribution in [0, 0.1) is 11.3 Å². The lowest BCUT2D eigenvalue weighted by atomic mass is 9.85. The molecule has 5 atom stereocenters. The Bertz CT molecular complexity index is 1710. The molecule has 1 aromatic carbocycles. The third kappa shape index (κ3) is 8.43. The molecule has 3 aliphatic rings. The first-order chi connectivity index (χ1) is 22.8. The van der Waals surface area contributed by atoms with E-state index in [1.54, 1.807) is 41.5 Å². The van der Waals surface area contributed by atoms with Gasteiger partial charge in [-0.15, -0.1) is 6.58 Å².